The lowest BCUT2D eigenvalue weighted by Gasteiger charge is -2.46. The van der Waals surface area contributed by atoms with Crippen molar-refractivity contribution in [2.45, 2.75) is 31.3 Å². The Morgan fingerprint density at radius 1 is 1.00 bits per heavy atom. The lowest BCUT2D eigenvalue weighted by atomic mass is 9.84. The Hall–Kier alpha value is -2.04. The van der Waals surface area contributed by atoms with E-state index < -0.39 is 0 Å². The van der Waals surface area contributed by atoms with E-state index in [9.17, 15) is 4.79 Å². The summed E-state index contributed by atoms with van der Waals surface area (Å²) in [6, 6.07) is 16.7. The van der Waals surface area contributed by atoms with E-state index in [2.05, 4.69) is 34.5 Å². The molecule has 2 aromatic rings. The van der Waals surface area contributed by atoms with Gasteiger partial charge in [-0.2, -0.15) is 0 Å². The Kier molecular flexibility index (Phi) is 4.77. The molecule has 0 spiro atoms. The standard InChI is InChI=1S/C23H26ClN3O/c24-19-7-5-18(6-8-19)22-20-4-2-1-3-16(20)11-14-27(22)23(28)25-21-15-26-12-9-17(21)10-13-26/h1-8,17,21-22H,9-15H2,(H,25,28)/t21-,22+/m1/s1. The third-order valence-corrected chi connectivity index (χ3v) is 6.95. The van der Waals surface area contributed by atoms with Gasteiger partial charge in [0.05, 0.1) is 6.04 Å². The molecular formula is C23H26ClN3O. The molecule has 4 nitrogen and oxygen atoms in total. The predicted octanol–water partition coefficient (Wildman–Crippen LogP) is 4.09. The monoisotopic (exact) mass is 395 g/mol. The summed E-state index contributed by atoms with van der Waals surface area (Å²) in [5.74, 6) is 0.625. The zero-order chi connectivity index (χ0) is 19.1. The summed E-state index contributed by atoms with van der Waals surface area (Å²) in [7, 11) is 0. The van der Waals surface area contributed by atoms with Gasteiger partial charge in [0.25, 0.3) is 0 Å². The first-order valence-corrected chi connectivity index (χ1v) is 10.7. The second-order valence-electron chi connectivity index (χ2n) is 8.29. The highest BCUT2D eigenvalue weighted by atomic mass is 35.5. The Labute approximate surface area is 171 Å². The average molecular weight is 396 g/mol. The van der Waals surface area contributed by atoms with E-state index in [1.807, 2.05) is 29.2 Å². The van der Waals surface area contributed by atoms with E-state index in [4.69, 9.17) is 11.6 Å². The van der Waals surface area contributed by atoms with Crippen molar-refractivity contribution < 1.29 is 4.79 Å². The molecule has 6 rings (SSSR count). The highest BCUT2D eigenvalue weighted by molar-refractivity contribution is 6.30. The maximum atomic E-state index is 13.4. The van der Waals surface area contributed by atoms with Gasteiger partial charge in [0.2, 0.25) is 0 Å². The maximum Gasteiger partial charge on any atom is 0.318 e. The zero-order valence-electron chi connectivity index (χ0n) is 16.0. The Morgan fingerprint density at radius 2 is 1.75 bits per heavy atom. The first kappa shape index (κ1) is 18.0. The number of nitrogens with one attached hydrogen (secondary N) is 1. The minimum atomic E-state index is -0.0664. The second kappa shape index (κ2) is 7.41. The SMILES string of the molecule is O=C(N[C@@H]1CN2CCC1CC2)N1CCc2ccccc2[C@@H]1c1ccc(Cl)cc1. The molecule has 0 aliphatic carbocycles. The molecule has 0 radical (unpaired) electrons. The van der Waals surface area contributed by atoms with Crippen molar-refractivity contribution >= 4 is 17.6 Å². The number of carbonyl (C=O) groups is 1. The molecule has 0 saturated carbocycles. The van der Waals surface area contributed by atoms with E-state index in [-0.39, 0.29) is 18.1 Å². The molecule has 0 unspecified atom stereocenters. The molecule has 5 heteroatoms. The van der Waals surface area contributed by atoms with Crippen LogP contribution in [0.3, 0.4) is 0 Å². The van der Waals surface area contributed by atoms with Gasteiger partial charge in [0, 0.05) is 24.2 Å². The van der Waals surface area contributed by atoms with Crippen molar-refractivity contribution in [3.05, 3.63) is 70.2 Å². The van der Waals surface area contributed by atoms with Crippen LogP contribution >= 0.6 is 11.6 Å². The number of hydrogen-bond acceptors (Lipinski definition) is 2. The number of carbonyl (C=O) groups excluding carboxylic acids is 1. The van der Waals surface area contributed by atoms with Crippen LogP contribution in [0, 0.1) is 5.92 Å². The molecule has 0 aromatic heterocycles. The molecule has 2 atom stereocenters. The lowest BCUT2D eigenvalue weighted by Crippen LogP contribution is -2.59. The van der Waals surface area contributed by atoms with Crippen LogP contribution in [0.5, 0.6) is 0 Å². The van der Waals surface area contributed by atoms with Crippen LogP contribution in [0.1, 0.15) is 35.6 Å². The Morgan fingerprint density at radius 3 is 2.46 bits per heavy atom. The zero-order valence-corrected chi connectivity index (χ0v) is 16.7. The molecule has 28 heavy (non-hydrogen) atoms. The largest absolute Gasteiger partial charge is 0.334 e. The van der Waals surface area contributed by atoms with Crippen molar-refractivity contribution in [3.63, 3.8) is 0 Å². The van der Waals surface area contributed by atoms with Gasteiger partial charge in [-0.3, -0.25) is 0 Å². The van der Waals surface area contributed by atoms with E-state index >= 15 is 0 Å². The van der Waals surface area contributed by atoms with Crippen molar-refractivity contribution in [3.8, 4) is 0 Å². The Bertz CT molecular complexity index is 860. The predicted molar refractivity (Wildman–Crippen MR) is 112 cm³/mol. The van der Waals surface area contributed by atoms with Gasteiger partial charge in [-0.05, 0) is 67.1 Å². The molecule has 4 heterocycles. The normalized spacial score (nSPS) is 28.7. The molecular weight excluding hydrogens is 370 g/mol. The molecule has 146 valence electrons. The highest BCUT2D eigenvalue weighted by Crippen LogP contribution is 2.36. The maximum absolute atomic E-state index is 13.4. The summed E-state index contributed by atoms with van der Waals surface area (Å²) in [5, 5.41) is 4.10. The first-order valence-electron chi connectivity index (χ1n) is 10.3. The third-order valence-electron chi connectivity index (χ3n) is 6.70. The molecule has 3 saturated heterocycles. The van der Waals surface area contributed by atoms with Crippen LogP contribution in [-0.2, 0) is 6.42 Å². The summed E-state index contributed by atoms with van der Waals surface area (Å²) < 4.78 is 0. The van der Waals surface area contributed by atoms with Crippen molar-refractivity contribution in [1.29, 1.82) is 0 Å². The molecule has 2 aromatic carbocycles. The van der Waals surface area contributed by atoms with E-state index in [0.29, 0.717) is 5.92 Å². The van der Waals surface area contributed by atoms with Crippen molar-refractivity contribution in [2.75, 3.05) is 26.2 Å². The fourth-order valence-electron chi connectivity index (χ4n) is 5.16. The fourth-order valence-corrected chi connectivity index (χ4v) is 5.29. The summed E-state index contributed by atoms with van der Waals surface area (Å²) in [4.78, 5) is 17.9. The number of halogens is 1. The fraction of sp³-hybridized carbons (Fsp3) is 0.435. The number of rotatable bonds is 2. The molecule has 2 bridgehead atoms. The second-order valence-corrected chi connectivity index (χ2v) is 8.73. The molecule has 4 aliphatic rings. The van der Waals surface area contributed by atoms with Crippen LogP contribution in [0.2, 0.25) is 5.02 Å². The summed E-state index contributed by atoms with van der Waals surface area (Å²) in [6.07, 6.45) is 3.30. The van der Waals surface area contributed by atoms with Crippen LogP contribution in [-0.4, -0.2) is 48.1 Å². The van der Waals surface area contributed by atoms with Crippen molar-refractivity contribution in [1.82, 2.24) is 15.1 Å². The average Bonchev–Trinajstić information content (AvgIpc) is 2.74. The van der Waals surface area contributed by atoms with Crippen LogP contribution in [0.15, 0.2) is 48.5 Å². The van der Waals surface area contributed by atoms with Crippen LogP contribution in [0.4, 0.5) is 4.79 Å². The first-order chi connectivity index (χ1) is 13.7. The topological polar surface area (TPSA) is 35.6 Å². The van der Waals surface area contributed by atoms with Crippen LogP contribution in [0.25, 0.3) is 0 Å². The Balaban J connectivity index is 1.43. The van der Waals surface area contributed by atoms with Crippen molar-refractivity contribution in [2.24, 2.45) is 5.92 Å². The molecule has 2 amide bonds. The van der Waals surface area contributed by atoms with E-state index in [1.54, 1.807) is 0 Å². The summed E-state index contributed by atoms with van der Waals surface area (Å²) in [6.45, 7) is 4.09. The number of fused-ring (bicyclic) bond motifs is 4. The summed E-state index contributed by atoms with van der Waals surface area (Å²) >= 11 is 6.12. The number of urea groups is 1. The molecule has 1 N–H and O–H groups in total. The van der Waals surface area contributed by atoms with E-state index in [1.165, 1.54) is 37.1 Å². The number of hydrogen-bond donors (Lipinski definition) is 1. The van der Waals surface area contributed by atoms with Gasteiger partial charge in [-0.15, -0.1) is 0 Å². The molecule has 4 aliphatic heterocycles. The van der Waals surface area contributed by atoms with Gasteiger partial charge in [0.1, 0.15) is 0 Å². The smallest absolute Gasteiger partial charge is 0.318 e. The van der Waals surface area contributed by atoms with Gasteiger partial charge < -0.3 is 15.1 Å². The van der Waals surface area contributed by atoms with Gasteiger partial charge in [-0.25, -0.2) is 4.79 Å². The third kappa shape index (κ3) is 3.29. The lowest BCUT2D eigenvalue weighted by molar-refractivity contribution is 0.0715. The minimum absolute atomic E-state index is 0.0632. The summed E-state index contributed by atoms with van der Waals surface area (Å²) in [5.41, 5.74) is 3.66. The number of amides is 2. The van der Waals surface area contributed by atoms with Gasteiger partial charge in [-0.1, -0.05) is 48.0 Å². The van der Waals surface area contributed by atoms with E-state index in [0.717, 1.165) is 30.1 Å². The van der Waals surface area contributed by atoms with Crippen LogP contribution < -0.4 is 5.32 Å². The number of piperidine rings is 3. The number of nitrogens with zero attached hydrogens (tertiary/aromatic N) is 2. The quantitative estimate of drug-likeness (QED) is 0.831. The molecule has 3 fully saturated rings. The van der Waals surface area contributed by atoms with Gasteiger partial charge >= 0.3 is 6.03 Å². The van der Waals surface area contributed by atoms with Gasteiger partial charge in [0.15, 0.2) is 0 Å². The number of benzene rings is 2. The highest BCUT2D eigenvalue weighted by Gasteiger charge is 2.38. The minimum Gasteiger partial charge on any atom is -0.334 e.